The van der Waals surface area contributed by atoms with Crippen molar-refractivity contribution in [3.05, 3.63) is 17.2 Å². The van der Waals surface area contributed by atoms with Crippen LogP contribution in [0, 0.1) is 0 Å². The van der Waals surface area contributed by atoms with Crippen LogP contribution in [-0.2, 0) is 17.7 Å². The molecule has 0 spiro atoms. The van der Waals surface area contributed by atoms with E-state index in [2.05, 4.69) is 16.5 Å². The van der Waals surface area contributed by atoms with Gasteiger partial charge in [-0.15, -0.1) is 0 Å². The maximum absolute atomic E-state index is 5.91. The van der Waals surface area contributed by atoms with E-state index in [1.165, 1.54) is 0 Å². The van der Waals surface area contributed by atoms with Gasteiger partial charge in [0.15, 0.2) is 0 Å². The smallest absolute Gasteiger partial charge is 0.150 e. The van der Waals surface area contributed by atoms with Crippen molar-refractivity contribution in [2.75, 3.05) is 6.61 Å². The molecule has 66 valence electrons. The summed E-state index contributed by atoms with van der Waals surface area (Å²) in [5.74, 6) is 0. The molecule has 0 bridgehead atoms. The minimum Gasteiger partial charge on any atom is -0.373 e. The molecule has 2 rings (SSSR count). The molecule has 0 N–H and O–H groups in total. The minimum atomic E-state index is 0.379. The molecule has 1 unspecified atom stereocenters. The van der Waals surface area contributed by atoms with Gasteiger partial charge < -0.3 is 9.30 Å². The molecule has 0 saturated carbocycles. The van der Waals surface area contributed by atoms with Crippen LogP contribution in [0.5, 0.6) is 0 Å². The SMILES string of the molecule is CCn1cnc(Cl)c1CC1CO1. The zero-order valence-corrected chi connectivity index (χ0v) is 7.71. The summed E-state index contributed by atoms with van der Waals surface area (Å²) in [6.07, 6.45) is 3.05. The van der Waals surface area contributed by atoms with Crippen molar-refractivity contribution < 1.29 is 4.74 Å². The number of aromatic nitrogens is 2. The van der Waals surface area contributed by atoms with Crippen LogP contribution >= 0.6 is 11.6 Å². The number of halogens is 1. The Bertz CT molecular complexity index is 281. The molecule has 0 amide bonds. The predicted octanol–water partition coefficient (Wildman–Crippen LogP) is 1.50. The number of rotatable bonds is 3. The maximum atomic E-state index is 5.91. The molecule has 1 aliphatic heterocycles. The normalized spacial score (nSPS) is 21.3. The van der Waals surface area contributed by atoms with Crippen LogP contribution in [0.4, 0.5) is 0 Å². The van der Waals surface area contributed by atoms with Crippen LogP contribution in [0.2, 0.25) is 5.15 Å². The lowest BCUT2D eigenvalue weighted by molar-refractivity contribution is 0.403. The molecular weight excluding hydrogens is 176 g/mol. The topological polar surface area (TPSA) is 30.4 Å². The largest absolute Gasteiger partial charge is 0.373 e. The Morgan fingerprint density at radius 2 is 2.58 bits per heavy atom. The van der Waals surface area contributed by atoms with Crippen molar-refractivity contribution in [3.63, 3.8) is 0 Å². The Labute approximate surface area is 76.3 Å². The minimum absolute atomic E-state index is 0.379. The van der Waals surface area contributed by atoms with Crippen molar-refractivity contribution in [2.24, 2.45) is 0 Å². The molecule has 3 nitrogen and oxygen atoms in total. The molecule has 1 aliphatic rings. The fourth-order valence-corrected chi connectivity index (χ4v) is 1.49. The van der Waals surface area contributed by atoms with Gasteiger partial charge in [0.1, 0.15) is 5.15 Å². The van der Waals surface area contributed by atoms with E-state index in [4.69, 9.17) is 16.3 Å². The van der Waals surface area contributed by atoms with Crippen molar-refractivity contribution in [1.82, 2.24) is 9.55 Å². The van der Waals surface area contributed by atoms with Crippen molar-refractivity contribution >= 4 is 11.6 Å². The summed E-state index contributed by atoms with van der Waals surface area (Å²) in [7, 11) is 0. The molecule has 0 aliphatic carbocycles. The molecule has 1 saturated heterocycles. The Morgan fingerprint density at radius 1 is 1.83 bits per heavy atom. The highest BCUT2D eigenvalue weighted by atomic mass is 35.5. The zero-order chi connectivity index (χ0) is 8.55. The Morgan fingerprint density at radius 3 is 3.17 bits per heavy atom. The second-order valence-electron chi connectivity index (χ2n) is 2.93. The molecule has 4 heteroatoms. The molecule has 2 heterocycles. The number of aryl methyl sites for hydroxylation is 1. The van der Waals surface area contributed by atoms with Crippen molar-refractivity contribution in [1.29, 1.82) is 0 Å². The molecule has 0 radical (unpaired) electrons. The highest BCUT2D eigenvalue weighted by Gasteiger charge is 2.25. The Hall–Kier alpha value is -0.540. The maximum Gasteiger partial charge on any atom is 0.150 e. The predicted molar refractivity (Wildman–Crippen MR) is 46.4 cm³/mol. The second kappa shape index (κ2) is 3.07. The van der Waals surface area contributed by atoms with Gasteiger partial charge in [0.25, 0.3) is 0 Å². The lowest BCUT2D eigenvalue weighted by Crippen LogP contribution is -2.03. The monoisotopic (exact) mass is 186 g/mol. The third-order valence-electron chi connectivity index (χ3n) is 2.06. The number of imidazole rings is 1. The standard InChI is InChI=1S/C8H11ClN2O/c1-2-11-5-10-8(9)7(11)3-6-4-12-6/h5-6H,2-4H2,1H3. The van der Waals surface area contributed by atoms with Gasteiger partial charge >= 0.3 is 0 Å². The number of hydrogen-bond acceptors (Lipinski definition) is 2. The second-order valence-corrected chi connectivity index (χ2v) is 3.29. The van der Waals surface area contributed by atoms with Gasteiger partial charge in [0, 0.05) is 13.0 Å². The van der Waals surface area contributed by atoms with E-state index in [9.17, 15) is 0 Å². The summed E-state index contributed by atoms with van der Waals surface area (Å²) in [4.78, 5) is 4.04. The Balaban J connectivity index is 2.18. The lowest BCUT2D eigenvalue weighted by atomic mass is 10.2. The third-order valence-corrected chi connectivity index (χ3v) is 2.38. The van der Waals surface area contributed by atoms with Gasteiger partial charge in [-0.2, -0.15) is 0 Å². The number of hydrogen-bond donors (Lipinski definition) is 0. The van der Waals surface area contributed by atoms with Crippen molar-refractivity contribution in [2.45, 2.75) is 26.0 Å². The summed E-state index contributed by atoms with van der Waals surface area (Å²) in [5, 5.41) is 0.618. The number of nitrogens with zero attached hydrogens (tertiary/aromatic N) is 2. The molecular formula is C8H11ClN2O. The van der Waals surface area contributed by atoms with Crippen molar-refractivity contribution in [3.8, 4) is 0 Å². The van der Waals surface area contributed by atoms with Gasteiger partial charge in [-0.25, -0.2) is 4.98 Å². The third kappa shape index (κ3) is 1.47. The molecule has 12 heavy (non-hydrogen) atoms. The first kappa shape index (κ1) is 8.08. The van der Waals surface area contributed by atoms with Crippen LogP contribution in [0.25, 0.3) is 0 Å². The molecule has 1 fully saturated rings. The average Bonchev–Trinajstić information content (AvgIpc) is 2.80. The highest BCUT2D eigenvalue weighted by Crippen LogP contribution is 2.21. The van der Waals surface area contributed by atoms with Gasteiger partial charge in [0.2, 0.25) is 0 Å². The molecule has 1 aromatic rings. The fourth-order valence-electron chi connectivity index (χ4n) is 1.26. The number of epoxide rings is 1. The molecule has 1 aromatic heterocycles. The molecule has 0 aromatic carbocycles. The van der Waals surface area contributed by atoms with E-state index < -0.39 is 0 Å². The van der Waals surface area contributed by atoms with Crippen LogP contribution in [0.15, 0.2) is 6.33 Å². The first-order valence-corrected chi connectivity index (χ1v) is 4.50. The van der Waals surface area contributed by atoms with E-state index in [0.29, 0.717) is 11.3 Å². The number of ether oxygens (including phenoxy) is 1. The average molecular weight is 187 g/mol. The van der Waals surface area contributed by atoms with E-state index in [-0.39, 0.29) is 0 Å². The van der Waals surface area contributed by atoms with Crippen LogP contribution in [-0.4, -0.2) is 22.3 Å². The van der Waals surface area contributed by atoms with Gasteiger partial charge in [-0.3, -0.25) is 0 Å². The Kier molecular flexibility index (Phi) is 2.07. The quantitative estimate of drug-likeness (QED) is 0.670. The van der Waals surface area contributed by atoms with Gasteiger partial charge in [0.05, 0.1) is 24.7 Å². The summed E-state index contributed by atoms with van der Waals surface area (Å²) in [5.41, 5.74) is 1.10. The van der Waals surface area contributed by atoms with Crippen LogP contribution in [0.1, 0.15) is 12.6 Å². The summed E-state index contributed by atoms with van der Waals surface area (Å²) in [6, 6.07) is 0. The van der Waals surface area contributed by atoms with Gasteiger partial charge in [-0.05, 0) is 6.92 Å². The fraction of sp³-hybridized carbons (Fsp3) is 0.625. The van der Waals surface area contributed by atoms with Crippen LogP contribution in [0.3, 0.4) is 0 Å². The first-order chi connectivity index (χ1) is 5.81. The van der Waals surface area contributed by atoms with E-state index in [1.54, 1.807) is 6.33 Å². The summed E-state index contributed by atoms with van der Waals surface area (Å²) >= 11 is 5.91. The van der Waals surface area contributed by atoms with E-state index in [0.717, 1.165) is 25.3 Å². The summed E-state index contributed by atoms with van der Waals surface area (Å²) < 4.78 is 7.20. The summed E-state index contributed by atoms with van der Waals surface area (Å²) in [6.45, 7) is 3.86. The van der Waals surface area contributed by atoms with Gasteiger partial charge in [-0.1, -0.05) is 11.6 Å². The molecule has 1 atom stereocenters. The zero-order valence-electron chi connectivity index (χ0n) is 6.96. The highest BCUT2D eigenvalue weighted by molar-refractivity contribution is 6.30. The van der Waals surface area contributed by atoms with E-state index >= 15 is 0 Å². The first-order valence-electron chi connectivity index (χ1n) is 4.12. The van der Waals surface area contributed by atoms with E-state index in [1.807, 2.05) is 0 Å². The lowest BCUT2D eigenvalue weighted by Gasteiger charge is -2.02. The van der Waals surface area contributed by atoms with Crippen LogP contribution < -0.4 is 0 Å².